The Labute approximate surface area is 85.7 Å². The number of anilines is 1. The van der Waals surface area contributed by atoms with E-state index in [-0.39, 0.29) is 0 Å². The molecule has 0 amide bonds. The summed E-state index contributed by atoms with van der Waals surface area (Å²) >= 11 is 0. The van der Waals surface area contributed by atoms with Crippen molar-refractivity contribution < 1.29 is 0 Å². The smallest absolute Gasteiger partial charge is 0.129 e. The fourth-order valence-electron chi connectivity index (χ4n) is 1.86. The molecule has 1 aromatic rings. The third kappa shape index (κ3) is 2.06. The van der Waals surface area contributed by atoms with E-state index in [0.717, 1.165) is 11.7 Å². The first-order valence-electron chi connectivity index (χ1n) is 5.49. The Morgan fingerprint density at radius 2 is 2.36 bits per heavy atom. The SMILES string of the molecule is CCC(Nc1ncccc1C)C1CC1. The zero-order chi connectivity index (χ0) is 9.97. The average Bonchev–Trinajstić information content (AvgIpc) is 3.00. The molecule has 1 saturated carbocycles. The van der Waals surface area contributed by atoms with Crippen LogP contribution in [0, 0.1) is 12.8 Å². The fraction of sp³-hybridized carbons (Fsp3) is 0.583. The second-order valence-corrected chi connectivity index (χ2v) is 4.17. The third-order valence-electron chi connectivity index (χ3n) is 2.96. The maximum Gasteiger partial charge on any atom is 0.129 e. The van der Waals surface area contributed by atoms with E-state index in [1.807, 2.05) is 12.3 Å². The molecule has 1 aliphatic rings. The van der Waals surface area contributed by atoms with Gasteiger partial charge in [0.2, 0.25) is 0 Å². The lowest BCUT2D eigenvalue weighted by Gasteiger charge is -2.17. The fourth-order valence-corrected chi connectivity index (χ4v) is 1.86. The maximum absolute atomic E-state index is 4.37. The summed E-state index contributed by atoms with van der Waals surface area (Å²) in [4.78, 5) is 4.37. The molecular weight excluding hydrogens is 172 g/mol. The zero-order valence-corrected chi connectivity index (χ0v) is 8.96. The summed E-state index contributed by atoms with van der Waals surface area (Å²) in [6, 6.07) is 4.72. The van der Waals surface area contributed by atoms with Gasteiger partial charge in [0, 0.05) is 12.2 Å². The van der Waals surface area contributed by atoms with Crippen LogP contribution in [0.4, 0.5) is 5.82 Å². The van der Waals surface area contributed by atoms with Crippen LogP contribution in [0.2, 0.25) is 0 Å². The van der Waals surface area contributed by atoms with Gasteiger partial charge in [-0.25, -0.2) is 4.98 Å². The van der Waals surface area contributed by atoms with E-state index >= 15 is 0 Å². The number of hydrogen-bond acceptors (Lipinski definition) is 2. The molecule has 1 atom stereocenters. The average molecular weight is 190 g/mol. The molecule has 1 aliphatic carbocycles. The van der Waals surface area contributed by atoms with Crippen molar-refractivity contribution >= 4 is 5.82 Å². The van der Waals surface area contributed by atoms with Crippen LogP contribution in [0.3, 0.4) is 0 Å². The lowest BCUT2D eigenvalue weighted by Crippen LogP contribution is -2.21. The van der Waals surface area contributed by atoms with Crippen molar-refractivity contribution in [3.8, 4) is 0 Å². The van der Waals surface area contributed by atoms with Crippen LogP contribution in [-0.4, -0.2) is 11.0 Å². The van der Waals surface area contributed by atoms with Gasteiger partial charge in [0.25, 0.3) is 0 Å². The van der Waals surface area contributed by atoms with Gasteiger partial charge in [-0.05, 0) is 43.7 Å². The minimum Gasteiger partial charge on any atom is -0.367 e. The third-order valence-corrected chi connectivity index (χ3v) is 2.96. The molecule has 14 heavy (non-hydrogen) atoms. The van der Waals surface area contributed by atoms with Gasteiger partial charge >= 0.3 is 0 Å². The zero-order valence-electron chi connectivity index (χ0n) is 8.96. The lowest BCUT2D eigenvalue weighted by atomic mass is 10.1. The molecule has 1 N–H and O–H groups in total. The summed E-state index contributed by atoms with van der Waals surface area (Å²) in [6.45, 7) is 4.35. The summed E-state index contributed by atoms with van der Waals surface area (Å²) in [7, 11) is 0. The quantitative estimate of drug-likeness (QED) is 0.789. The van der Waals surface area contributed by atoms with Gasteiger partial charge in [0.15, 0.2) is 0 Å². The van der Waals surface area contributed by atoms with E-state index in [9.17, 15) is 0 Å². The molecule has 1 fully saturated rings. The Balaban J connectivity index is 2.04. The van der Waals surface area contributed by atoms with Gasteiger partial charge in [0.1, 0.15) is 5.82 Å². The number of hydrogen-bond donors (Lipinski definition) is 1. The number of pyridine rings is 1. The normalized spacial score (nSPS) is 17.9. The highest BCUT2D eigenvalue weighted by Crippen LogP contribution is 2.35. The summed E-state index contributed by atoms with van der Waals surface area (Å²) in [5.74, 6) is 1.95. The van der Waals surface area contributed by atoms with Gasteiger partial charge in [-0.1, -0.05) is 13.0 Å². The van der Waals surface area contributed by atoms with E-state index in [1.54, 1.807) is 0 Å². The van der Waals surface area contributed by atoms with Crippen molar-refractivity contribution in [3.05, 3.63) is 23.9 Å². The predicted octanol–water partition coefficient (Wildman–Crippen LogP) is 2.99. The van der Waals surface area contributed by atoms with Crippen LogP contribution in [0.15, 0.2) is 18.3 Å². The van der Waals surface area contributed by atoms with Gasteiger partial charge in [-0.2, -0.15) is 0 Å². The van der Waals surface area contributed by atoms with Crippen LogP contribution >= 0.6 is 0 Å². The van der Waals surface area contributed by atoms with Gasteiger partial charge in [-0.3, -0.25) is 0 Å². The highest BCUT2D eigenvalue weighted by molar-refractivity contribution is 5.43. The maximum atomic E-state index is 4.37. The van der Waals surface area contributed by atoms with Gasteiger partial charge in [0.05, 0.1) is 0 Å². The van der Waals surface area contributed by atoms with E-state index in [1.165, 1.54) is 24.8 Å². The molecule has 2 heteroatoms. The molecule has 0 aromatic carbocycles. The number of nitrogens with zero attached hydrogens (tertiary/aromatic N) is 1. The minimum absolute atomic E-state index is 0.628. The summed E-state index contributed by atoms with van der Waals surface area (Å²) < 4.78 is 0. The van der Waals surface area contributed by atoms with Crippen LogP contribution in [0.5, 0.6) is 0 Å². The monoisotopic (exact) mass is 190 g/mol. The molecule has 0 spiro atoms. The van der Waals surface area contributed by atoms with E-state index in [0.29, 0.717) is 6.04 Å². The molecule has 76 valence electrons. The Hall–Kier alpha value is -1.05. The lowest BCUT2D eigenvalue weighted by molar-refractivity contribution is 0.613. The second kappa shape index (κ2) is 3.99. The van der Waals surface area contributed by atoms with Crippen LogP contribution in [0.25, 0.3) is 0 Å². The van der Waals surface area contributed by atoms with Crippen molar-refractivity contribution in [2.24, 2.45) is 5.92 Å². The molecule has 1 aromatic heterocycles. The minimum atomic E-state index is 0.628. The van der Waals surface area contributed by atoms with Gasteiger partial charge in [-0.15, -0.1) is 0 Å². The molecule has 0 radical (unpaired) electrons. The number of aromatic nitrogens is 1. The van der Waals surface area contributed by atoms with Crippen molar-refractivity contribution in [3.63, 3.8) is 0 Å². The van der Waals surface area contributed by atoms with Crippen molar-refractivity contribution in [1.82, 2.24) is 4.98 Å². The molecule has 1 unspecified atom stereocenters. The van der Waals surface area contributed by atoms with Gasteiger partial charge < -0.3 is 5.32 Å². The highest BCUT2D eigenvalue weighted by atomic mass is 15.0. The summed E-state index contributed by atoms with van der Waals surface area (Å²) in [6.07, 6.45) is 5.82. The first-order chi connectivity index (χ1) is 6.81. The Morgan fingerprint density at radius 3 is 2.93 bits per heavy atom. The molecule has 0 bridgehead atoms. The molecule has 0 saturated heterocycles. The molecule has 1 heterocycles. The number of nitrogens with one attached hydrogen (secondary N) is 1. The summed E-state index contributed by atoms with van der Waals surface area (Å²) in [5.41, 5.74) is 1.24. The molecule has 2 rings (SSSR count). The molecule has 0 aliphatic heterocycles. The Kier molecular flexibility index (Phi) is 2.71. The van der Waals surface area contributed by atoms with Crippen molar-refractivity contribution in [2.45, 2.75) is 39.2 Å². The number of rotatable bonds is 4. The first-order valence-corrected chi connectivity index (χ1v) is 5.49. The Morgan fingerprint density at radius 1 is 1.57 bits per heavy atom. The van der Waals surface area contributed by atoms with Crippen LogP contribution in [-0.2, 0) is 0 Å². The van der Waals surface area contributed by atoms with Crippen molar-refractivity contribution in [1.29, 1.82) is 0 Å². The topological polar surface area (TPSA) is 24.9 Å². The van der Waals surface area contributed by atoms with Crippen LogP contribution < -0.4 is 5.32 Å². The standard InChI is InChI=1S/C12H18N2/c1-3-11(10-6-7-10)14-12-9(2)5-4-8-13-12/h4-5,8,10-11H,3,6-7H2,1-2H3,(H,13,14). The second-order valence-electron chi connectivity index (χ2n) is 4.17. The Bertz CT molecular complexity index is 305. The van der Waals surface area contributed by atoms with E-state index in [2.05, 4.69) is 30.2 Å². The first kappa shape index (κ1) is 9.50. The molecule has 2 nitrogen and oxygen atoms in total. The molecular formula is C12H18N2. The predicted molar refractivity (Wildman–Crippen MR) is 59.4 cm³/mol. The van der Waals surface area contributed by atoms with E-state index < -0.39 is 0 Å². The van der Waals surface area contributed by atoms with Crippen LogP contribution in [0.1, 0.15) is 31.7 Å². The van der Waals surface area contributed by atoms with Crippen molar-refractivity contribution in [2.75, 3.05) is 5.32 Å². The van der Waals surface area contributed by atoms with E-state index in [4.69, 9.17) is 0 Å². The number of aryl methyl sites for hydroxylation is 1. The largest absolute Gasteiger partial charge is 0.367 e. The summed E-state index contributed by atoms with van der Waals surface area (Å²) in [5, 5.41) is 3.55. The highest BCUT2D eigenvalue weighted by Gasteiger charge is 2.30.